The Labute approximate surface area is 156 Å². The molecule has 2 aliphatic heterocycles. The van der Waals surface area contributed by atoms with E-state index in [2.05, 4.69) is 5.32 Å². The summed E-state index contributed by atoms with van der Waals surface area (Å²) in [5.41, 5.74) is 2.05. The molecule has 0 aliphatic carbocycles. The third-order valence-electron chi connectivity index (χ3n) is 5.00. The van der Waals surface area contributed by atoms with Crippen molar-refractivity contribution in [1.29, 1.82) is 0 Å². The van der Waals surface area contributed by atoms with Crippen molar-refractivity contribution in [2.24, 2.45) is 0 Å². The average molecular weight is 375 g/mol. The zero-order valence-corrected chi connectivity index (χ0v) is 15.0. The van der Waals surface area contributed by atoms with Crippen LogP contribution in [0.1, 0.15) is 18.4 Å². The zero-order valence-electron chi connectivity index (χ0n) is 14.3. The van der Waals surface area contributed by atoms with E-state index in [4.69, 9.17) is 16.3 Å². The first-order valence-corrected chi connectivity index (χ1v) is 9.23. The van der Waals surface area contributed by atoms with Crippen LogP contribution in [0, 0.1) is 5.82 Å². The van der Waals surface area contributed by atoms with Gasteiger partial charge in [0, 0.05) is 43.1 Å². The van der Waals surface area contributed by atoms with E-state index in [0.29, 0.717) is 37.4 Å². The monoisotopic (exact) mass is 374 g/mol. The summed E-state index contributed by atoms with van der Waals surface area (Å²) in [5.74, 6) is 0.0290. The summed E-state index contributed by atoms with van der Waals surface area (Å²) in [4.78, 5) is 14.7. The molecule has 0 saturated carbocycles. The number of fused-ring (bicyclic) bond motifs is 1. The average Bonchev–Trinajstić information content (AvgIpc) is 3.07. The molecule has 0 radical (unpaired) electrons. The summed E-state index contributed by atoms with van der Waals surface area (Å²) in [7, 11) is 0. The van der Waals surface area contributed by atoms with E-state index in [-0.39, 0.29) is 29.6 Å². The van der Waals surface area contributed by atoms with Crippen molar-refractivity contribution in [1.82, 2.24) is 4.90 Å². The van der Waals surface area contributed by atoms with E-state index in [1.54, 1.807) is 18.2 Å². The highest BCUT2D eigenvalue weighted by atomic mass is 35.5. The van der Waals surface area contributed by atoms with Crippen LogP contribution in [0.15, 0.2) is 42.5 Å². The predicted octanol–water partition coefficient (Wildman–Crippen LogP) is 3.89. The molecular weight excluding hydrogens is 355 g/mol. The molecule has 1 amide bonds. The lowest BCUT2D eigenvalue weighted by atomic mass is 10.0. The van der Waals surface area contributed by atoms with Crippen LogP contribution in [-0.2, 0) is 11.2 Å². The molecule has 1 saturated heterocycles. The molecule has 1 N–H and O–H groups in total. The molecule has 0 aromatic heterocycles. The number of halogens is 2. The molecule has 4 rings (SSSR count). The van der Waals surface area contributed by atoms with Crippen LogP contribution in [0.3, 0.4) is 0 Å². The van der Waals surface area contributed by atoms with Gasteiger partial charge in [-0.15, -0.1) is 0 Å². The smallest absolute Gasteiger partial charge is 0.245 e. The first-order valence-electron chi connectivity index (χ1n) is 8.85. The Morgan fingerprint density at radius 3 is 2.73 bits per heavy atom. The molecule has 136 valence electrons. The normalized spacial score (nSPS) is 19.8. The van der Waals surface area contributed by atoms with Crippen LogP contribution in [0.5, 0.6) is 5.75 Å². The van der Waals surface area contributed by atoms with Crippen LogP contribution in [0.2, 0.25) is 5.02 Å². The number of anilines is 1. The van der Waals surface area contributed by atoms with Crippen LogP contribution >= 0.6 is 11.6 Å². The molecular formula is C20H20ClFN2O2. The minimum Gasteiger partial charge on any atom is -0.487 e. The van der Waals surface area contributed by atoms with Gasteiger partial charge in [0.1, 0.15) is 12.1 Å². The molecule has 1 atom stereocenters. The molecule has 1 fully saturated rings. The van der Waals surface area contributed by atoms with Gasteiger partial charge in [0.25, 0.3) is 0 Å². The molecule has 2 heterocycles. The number of rotatable bonds is 3. The summed E-state index contributed by atoms with van der Waals surface area (Å²) in [5, 5.41) is 3.97. The highest BCUT2D eigenvalue weighted by molar-refractivity contribution is 6.30. The predicted molar refractivity (Wildman–Crippen MR) is 99.2 cm³/mol. The lowest BCUT2D eigenvalue weighted by Crippen LogP contribution is -2.47. The van der Waals surface area contributed by atoms with Gasteiger partial charge in [-0.25, -0.2) is 4.39 Å². The van der Waals surface area contributed by atoms with E-state index >= 15 is 0 Å². The number of piperidine rings is 1. The number of likely N-dealkylation sites (tertiary alicyclic amines) is 1. The topological polar surface area (TPSA) is 41.6 Å². The van der Waals surface area contributed by atoms with Crippen LogP contribution < -0.4 is 10.1 Å². The zero-order chi connectivity index (χ0) is 18.1. The summed E-state index contributed by atoms with van der Waals surface area (Å²) in [6.45, 7) is 1.24. The van der Waals surface area contributed by atoms with Gasteiger partial charge < -0.3 is 15.0 Å². The van der Waals surface area contributed by atoms with Crippen molar-refractivity contribution in [3.63, 3.8) is 0 Å². The van der Waals surface area contributed by atoms with E-state index in [1.807, 2.05) is 23.1 Å². The second kappa shape index (κ2) is 7.16. The number of carbonyl (C=O) groups is 1. The number of hydrogen-bond acceptors (Lipinski definition) is 3. The Morgan fingerprint density at radius 2 is 1.96 bits per heavy atom. The first kappa shape index (κ1) is 17.2. The van der Waals surface area contributed by atoms with Gasteiger partial charge in [-0.05, 0) is 35.9 Å². The molecule has 2 aromatic rings. The number of hydrogen-bond donors (Lipinski definition) is 1. The van der Waals surface area contributed by atoms with Gasteiger partial charge in [0.15, 0.2) is 11.6 Å². The number of ether oxygens (including phenoxy) is 1. The summed E-state index contributed by atoms with van der Waals surface area (Å²) < 4.78 is 19.5. The van der Waals surface area contributed by atoms with E-state index in [1.165, 1.54) is 6.07 Å². The van der Waals surface area contributed by atoms with E-state index < -0.39 is 0 Å². The number of carbonyl (C=O) groups excluding carboxylic acids is 1. The Balaban J connectivity index is 1.32. The van der Waals surface area contributed by atoms with Crippen molar-refractivity contribution in [3.8, 4) is 5.75 Å². The Hall–Kier alpha value is -2.27. The maximum absolute atomic E-state index is 13.7. The maximum atomic E-state index is 13.7. The number of nitrogens with zero attached hydrogens (tertiary/aromatic N) is 1. The third-order valence-corrected chi connectivity index (χ3v) is 5.24. The van der Waals surface area contributed by atoms with E-state index in [0.717, 1.165) is 11.3 Å². The standard InChI is InChI=1S/C20H20ClFN2O2/c21-14-5-6-17-13(11-14)12-18(23-17)20(25)24-9-7-15(8-10-24)26-19-4-2-1-3-16(19)22/h1-6,11,15,18,23H,7-10,12H2/t18-/m1/s1. The molecule has 0 bridgehead atoms. The number of amides is 1. The third kappa shape index (κ3) is 3.49. The van der Waals surface area contributed by atoms with Crippen molar-refractivity contribution in [3.05, 3.63) is 58.9 Å². The van der Waals surface area contributed by atoms with Gasteiger partial charge >= 0.3 is 0 Å². The molecule has 2 aliphatic rings. The minimum absolute atomic E-state index is 0.0662. The highest BCUT2D eigenvalue weighted by Gasteiger charge is 2.32. The SMILES string of the molecule is O=C([C@H]1Cc2cc(Cl)ccc2N1)N1CCC(Oc2ccccc2F)CC1. The Morgan fingerprint density at radius 1 is 1.19 bits per heavy atom. The molecule has 2 aromatic carbocycles. The van der Waals surface area contributed by atoms with Gasteiger partial charge in [-0.3, -0.25) is 4.79 Å². The van der Waals surface area contributed by atoms with Crippen molar-refractivity contribution < 1.29 is 13.9 Å². The summed E-state index contributed by atoms with van der Waals surface area (Å²) >= 11 is 6.03. The fourth-order valence-corrected chi connectivity index (χ4v) is 3.81. The second-order valence-corrected chi connectivity index (χ2v) is 7.21. The Bertz CT molecular complexity index is 821. The van der Waals surface area contributed by atoms with Crippen LogP contribution in [-0.4, -0.2) is 36.0 Å². The van der Waals surface area contributed by atoms with Gasteiger partial charge in [-0.1, -0.05) is 23.7 Å². The molecule has 4 nitrogen and oxygen atoms in total. The number of benzene rings is 2. The Kier molecular flexibility index (Phi) is 4.72. The fraction of sp³-hybridized carbons (Fsp3) is 0.350. The molecule has 6 heteroatoms. The van der Waals surface area contributed by atoms with Gasteiger partial charge in [0.2, 0.25) is 5.91 Å². The first-order chi connectivity index (χ1) is 12.6. The summed E-state index contributed by atoms with van der Waals surface area (Å²) in [6.07, 6.45) is 1.99. The molecule has 26 heavy (non-hydrogen) atoms. The fourth-order valence-electron chi connectivity index (χ4n) is 3.61. The number of nitrogens with one attached hydrogen (secondary N) is 1. The molecule has 0 unspecified atom stereocenters. The molecule has 0 spiro atoms. The van der Waals surface area contributed by atoms with E-state index in [9.17, 15) is 9.18 Å². The van der Waals surface area contributed by atoms with Crippen LogP contribution in [0.4, 0.5) is 10.1 Å². The van der Waals surface area contributed by atoms with Crippen molar-refractivity contribution in [2.75, 3.05) is 18.4 Å². The minimum atomic E-state index is -0.349. The lowest BCUT2D eigenvalue weighted by Gasteiger charge is -2.33. The van der Waals surface area contributed by atoms with Gasteiger partial charge in [0.05, 0.1) is 0 Å². The highest BCUT2D eigenvalue weighted by Crippen LogP contribution is 2.30. The second-order valence-electron chi connectivity index (χ2n) is 6.78. The lowest BCUT2D eigenvalue weighted by molar-refractivity contribution is -0.133. The maximum Gasteiger partial charge on any atom is 0.245 e. The van der Waals surface area contributed by atoms with Gasteiger partial charge in [-0.2, -0.15) is 0 Å². The summed E-state index contributed by atoms with van der Waals surface area (Å²) in [6, 6.07) is 11.8. The quantitative estimate of drug-likeness (QED) is 0.886. The van der Waals surface area contributed by atoms with Crippen molar-refractivity contribution >= 4 is 23.2 Å². The van der Waals surface area contributed by atoms with Crippen molar-refractivity contribution in [2.45, 2.75) is 31.4 Å². The largest absolute Gasteiger partial charge is 0.487 e. The van der Waals surface area contributed by atoms with Crippen LogP contribution in [0.25, 0.3) is 0 Å². The number of para-hydroxylation sites is 1.